The average Bonchev–Trinajstić information content (AvgIpc) is 2.57. The third-order valence-electron chi connectivity index (χ3n) is 1.58. The average molecular weight is 179 g/mol. The number of pyridine rings is 1. The lowest BCUT2D eigenvalue weighted by Crippen LogP contribution is -1.76. The minimum atomic E-state index is 1.12. The smallest absolute Gasteiger partial charge is 0.0459 e. The molecule has 2 heteroatoms. The van der Waals surface area contributed by atoms with Gasteiger partial charge in [0.05, 0.1) is 0 Å². The first-order valence-corrected chi connectivity index (χ1v) is 5.05. The summed E-state index contributed by atoms with van der Waals surface area (Å²) in [7, 11) is 0. The third kappa shape index (κ3) is 1.64. The second kappa shape index (κ2) is 4.21. The molecule has 0 atom stereocenters. The summed E-state index contributed by atoms with van der Waals surface area (Å²) in [6.45, 7) is 6.04. The summed E-state index contributed by atoms with van der Waals surface area (Å²) in [6, 6.07) is 4.16. The summed E-state index contributed by atoms with van der Waals surface area (Å²) >= 11 is 1.76. The largest absolute Gasteiger partial charge is 0.261 e. The van der Waals surface area contributed by atoms with Gasteiger partial charge in [0.15, 0.2) is 0 Å². The van der Waals surface area contributed by atoms with Crippen LogP contribution in [0.5, 0.6) is 0 Å². The number of rotatable bonds is 0. The van der Waals surface area contributed by atoms with E-state index in [2.05, 4.69) is 16.4 Å². The summed E-state index contributed by atoms with van der Waals surface area (Å²) in [4.78, 5) is 4.19. The van der Waals surface area contributed by atoms with Crippen molar-refractivity contribution in [2.45, 2.75) is 20.8 Å². The molecular formula is C10H13NS. The van der Waals surface area contributed by atoms with Crippen molar-refractivity contribution in [3.8, 4) is 0 Å². The predicted octanol–water partition coefficient (Wildman–Crippen LogP) is 3.63. The van der Waals surface area contributed by atoms with E-state index in [4.69, 9.17) is 0 Å². The van der Waals surface area contributed by atoms with Crippen molar-refractivity contribution in [1.82, 2.24) is 4.98 Å². The summed E-state index contributed by atoms with van der Waals surface area (Å²) in [5.41, 5.74) is 1.12. The number of fused-ring (bicyclic) bond motifs is 1. The lowest BCUT2D eigenvalue weighted by atomic mass is 10.3. The van der Waals surface area contributed by atoms with E-state index in [1.807, 2.05) is 33.0 Å². The number of nitrogens with zero attached hydrogens (tertiary/aromatic N) is 1. The Morgan fingerprint density at radius 1 is 1.25 bits per heavy atom. The zero-order chi connectivity index (χ0) is 8.97. The van der Waals surface area contributed by atoms with Crippen LogP contribution in [0.2, 0.25) is 0 Å². The molecule has 0 aliphatic heterocycles. The quantitative estimate of drug-likeness (QED) is 0.601. The van der Waals surface area contributed by atoms with Crippen LogP contribution >= 0.6 is 11.3 Å². The van der Waals surface area contributed by atoms with Crippen molar-refractivity contribution in [3.05, 3.63) is 29.4 Å². The number of hydrogen-bond donors (Lipinski definition) is 0. The minimum Gasteiger partial charge on any atom is -0.261 e. The molecule has 0 saturated heterocycles. The second-order valence-corrected chi connectivity index (χ2v) is 3.18. The number of aromatic nitrogens is 1. The van der Waals surface area contributed by atoms with Crippen molar-refractivity contribution < 1.29 is 0 Å². The molecule has 2 rings (SSSR count). The van der Waals surface area contributed by atoms with Crippen molar-refractivity contribution in [2.75, 3.05) is 0 Å². The molecule has 0 aromatic carbocycles. The maximum Gasteiger partial charge on any atom is 0.0459 e. The summed E-state index contributed by atoms with van der Waals surface area (Å²) in [5, 5.41) is 3.38. The molecule has 2 heterocycles. The molecule has 0 N–H and O–H groups in total. The van der Waals surface area contributed by atoms with E-state index in [1.165, 1.54) is 10.1 Å². The Labute approximate surface area is 77.1 Å². The van der Waals surface area contributed by atoms with Crippen LogP contribution in [0.3, 0.4) is 0 Å². The van der Waals surface area contributed by atoms with Gasteiger partial charge in [-0.1, -0.05) is 13.8 Å². The van der Waals surface area contributed by atoms with Gasteiger partial charge in [-0.05, 0) is 24.4 Å². The first-order valence-electron chi connectivity index (χ1n) is 4.17. The second-order valence-electron chi connectivity index (χ2n) is 2.23. The van der Waals surface area contributed by atoms with E-state index < -0.39 is 0 Å². The fraction of sp³-hybridized carbons (Fsp3) is 0.300. The van der Waals surface area contributed by atoms with Crippen LogP contribution in [-0.4, -0.2) is 4.98 Å². The molecule has 64 valence electrons. The molecule has 0 aliphatic carbocycles. The monoisotopic (exact) mass is 179 g/mol. The SMILES string of the molecule is CC.Cc1nccc2sccc12. The van der Waals surface area contributed by atoms with Gasteiger partial charge in [-0.2, -0.15) is 0 Å². The lowest BCUT2D eigenvalue weighted by Gasteiger charge is -1.90. The van der Waals surface area contributed by atoms with E-state index in [9.17, 15) is 0 Å². The van der Waals surface area contributed by atoms with Gasteiger partial charge >= 0.3 is 0 Å². The minimum absolute atomic E-state index is 1.12. The Bertz CT molecular complexity index is 351. The Balaban J connectivity index is 0.000000336. The van der Waals surface area contributed by atoms with Crippen LogP contribution in [-0.2, 0) is 0 Å². The zero-order valence-electron chi connectivity index (χ0n) is 7.66. The van der Waals surface area contributed by atoms with Gasteiger partial charge < -0.3 is 0 Å². The van der Waals surface area contributed by atoms with Crippen LogP contribution in [0.25, 0.3) is 10.1 Å². The van der Waals surface area contributed by atoms with Crippen LogP contribution in [0.15, 0.2) is 23.7 Å². The van der Waals surface area contributed by atoms with Crippen LogP contribution in [0.1, 0.15) is 19.5 Å². The highest BCUT2D eigenvalue weighted by Gasteiger charge is 1.95. The molecule has 0 saturated carbocycles. The highest BCUT2D eigenvalue weighted by atomic mass is 32.1. The molecule has 0 amide bonds. The predicted molar refractivity (Wildman–Crippen MR) is 55.7 cm³/mol. The normalized spacial score (nSPS) is 9.25. The van der Waals surface area contributed by atoms with E-state index in [0.29, 0.717) is 0 Å². The van der Waals surface area contributed by atoms with E-state index >= 15 is 0 Å². The molecule has 0 radical (unpaired) electrons. The van der Waals surface area contributed by atoms with E-state index in [0.717, 1.165) is 5.69 Å². The zero-order valence-corrected chi connectivity index (χ0v) is 8.48. The van der Waals surface area contributed by atoms with Gasteiger partial charge in [0.1, 0.15) is 0 Å². The molecule has 0 unspecified atom stereocenters. The van der Waals surface area contributed by atoms with Crippen molar-refractivity contribution in [2.24, 2.45) is 0 Å². The lowest BCUT2D eigenvalue weighted by molar-refractivity contribution is 1.24. The Kier molecular flexibility index (Phi) is 3.23. The fourth-order valence-electron chi connectivity index (χ4n) is 1.04. The molecular weight excluding hydrogens is 166 g/mol. The van der Waals surface area contributed by atoms with Crippen LogP contribution < -0.4 is 0 Å². The van der Waals surface area contributed by atoms with Gasteiger partial charge in [0, 0.05) is 22.0 Å². The van der Waals surface area contributed by atoms with E-state index in [1.54, 1.807) is 11.3 Å². The van der Waals surface area contributed by atoms with E-state index in [-0.39, 0.29) is 0 Å². The molecule has 0 fully saturated rings. The highest BCUT2D eigenvalue weighted by Crippen LogP contribution is 2.21. The Morgan fingerprint density at radius 2 is 2.00 bits per heavy atom. The number of thiophene rings is 1. The Hall–Kier alpha value is -0.890. The molecule has 2 aromatic heterocycles. The maximum atomic E-state index is 4.19. The standard InChI is InChI=1S/C8H7NS.C2H6/c1-6-7-3-5-10-8(7)2-4-9-6;1-2/h2-5H,1H3;1-2H3. The Morgan fingerprint density at radius 3 is 2.67 bits per heavy atom. The molecule has 0 aliphatic rings. The molecule has 0 spiro atoms. The topological polar surface area (TPSA) is 12.9 Å². The third-order valence-corrected chi connectivity index (χ3v) is 2.46. The van der Waals surface area contributed by atoms with Gasteiger partial charge in [0.2, 0.25) is 0 Å². The van der Waals surface area contributed by atoms with Crippen molar-refractivity contribution >= 4 is 21.4 Å². The molecule has 1 nitrogen and oxygen atoms in total. The van der Waals surface area contributed by atoms with Gasteiger partial charge in [-0.25, -0.2) is 0 Å². The van der Waals surface area contributed by atoms with Crippen LogP contribution in [0, 0.1) is 6.92 Å². The summed E-state index contributed by atoms with van der Waals surface area (Å²) in [6.07, 6.45) is 1.86. The van der Waals surface area contributed by atoms with Crippen LogP contribution in [0.4, 0.5) is 0 Å². The molecule has 12 heavy (non-hydrogen) atoms. The maximum absolute atomic E-state index is 4.19. The number of hydrogen-bond acceptors (Lipinski definition) is 2. The van der Waals surface area contributed by atoms with Crippen molar-refractivity contribution in [3.63, 3.8) is 0 Å². The van der Waals surface area contributed by atoms with Gasteiger partial charge in [-0.3, -0.25) is 4.98 Å². The first kappa shape index (κ1) is 9.20. The highest BCUT2D eigenvalue weighted by molar-refractivity contribution is 7.17. The summed E-state index contributed by atoms with van der Waals surface area (Å²) in [5.74, 6) is 0. The van der Waals surface area contributed by atoms with Crippen molar-refractivity contribution in [1.29, 1.82) is 0 Å². The first-order chi connectivity index (χ1) is 5.88. The number of aryl methyl sites for hydroxylation is 1. The molecule has 0 bridgehead atoms. The molecule has 2 aromatic rings. The van der Waals surface area contributed by atoms with Gasteiger partial charge in [-0.15, -0.1) is 11.3 Å². The van der Waals surface area contributed by atoms with Gasteiger partial charge in [0.25, 0.3) is 0 Å². The fourth-order valence-corrected chi connectivity index (χ4v) is 1.87. The summed E-state index contributed by atoms with van der Waals surface area (Å²) < 4.78 is 1.33.